The third-order valence-corrected chi connectivity index (χ3v) is 5.44. The van der Waals surface area contributed by atoms with Crippen LogP contribution in [0.15, 0.2) is 54.4 Å². The van der Waals surface area contributed by atoms with Gasteiger partial charge in [-0.1, -0.05) is 19.4 Å². The predicted molar refractivity (Wildman–Crippen MR) is 123 cm³/mol. The molecule has 1 atom stereocenters. The van der Waals surface area contributed by atoms with Crippen molar-refractivity contribution in [2.45, 2.75) is 32.2 Å². The molecule has 1 aromatic carbocycles. The zero-order valence-electron chi connectivity index (χ0n) is 19.0. The van der Waals surface area contributed by atoms with E-state index < -0.39 is 17.7 Å². The van der Waals surface area contributed by atoms with E-state index in [0.29, 0.717) is 36.4 Å². The Kier molecular flexibility index (Phi) is 8.00. The van der Waals surface area contributed by atoms with Crippen LogP contribution < -0.4 is 4.74 Å². The van der Waals surface area contributed by atoms with E-state index in [1.54, 1.807) is 42.7 Å². The number of pyridine rings is 1. The van der Waals surface area contributed by atoms with Crippen molar-refractivity contribution in [1.29, 1.82) is 0 Å². The summed E-state index contributed by atoms with van der Waals surface area (Å²) in [5, 5.41) is 11.1. The number of likely N-dealkylation sites (tertiary alicyclic amines) is 1. The van der Waals surface area contributed by atoms with Crippen LogP contribution in [0.2, 0.25) is 0 Å². The van der Waals surface area contributed by atoms with Crippen molar-refractivity contribution in [1.82, 2.24) is 14.8 Å². The van der Waals surface area contributed by atoms with Crippen molar-refractivity contribution < 1.29 is 19.4 Å². The second-order valence-corrected chi connectivity index (χ2v) is 8.16. The normalized spacial score (nSPS) is 17.9. The zero-order chi connectivity index (χ0) is 23.1. The first-order valence-electron chi connectivity index (χ1n) is 11.0. The molecule has 0 bridgehead atoms. The number of unbranched alkanes of at least 4 members (excludes halogenated alkanes) is 1. The molecule has 1 fully saturated rings. The van der Waals surface area contributed by atoms with Crippen LogP contribution in [-0.2, 0) is 9.59 Å². The van der Waals surface area contributed by atoms with Gasteiger partial charge in [-0.3, -0.25) is 14.6 Å². The van der Waals surface area contributed by atoms with Gasteiger partial charge in [-0.2, -0.15) is 0 Å². The topological polar surface area (TPSA) is 83.0 Å². The third-order valence-electron chi connectivity index (χ3n) is 5.44. The quantitative estimate of drug-likeness (QED) is 0.265. The summed E-state index contributed by atoms with van der Waals surface area (Å²) >= 11 is 0. The Morgan fingerprint density at radius 3 is 2.53 bits per heavy atom. The minimum atomic E-state index is -0.676. The number of aliphatic hydroxyl groups is 1. The zero-order valence-corrected chi connectivity index (χ0v) is 19.0. The van der Waals surface area contributed by atoms with E-state index in [1.807, 2.05) is 25.1 Å². The largest absolute Gasteiger partial charge is 0.507 e. The van der Waals surface area contributed by atoms with Gasteiger partial charge in [0.15, 0.2) is 0 Å². The van der Waals surface area contributed by atoms with Gasteiger partial charge in [0.05, 0.1) is 18.2 Å². The summed E-state index contributed by atoms with van der Waals surface area (Å²) in [6.07, 6.45) is 5.99. The average Bonchev–Trinajstić information content (AvgIpc) is 3.04. The fourth-order valence-corrected chi connectivity index (χ4v) is 3.75. The fraction of sp³-hybridized carbons (Fsp3) is 0.400. The predicted octanol–water partition coefficient (Wildman–Crippen LogP) is 3.63. The minimum Gasteiger partial charge on any atom is -0.507 e. The van der Waals surface area contributed by atoms with Gasteiger partial charge in [0.2, 0.25) is 0 Å². The number of carbonyl (C=O) groups is 2. The number of carbonyl (C=O) groups excluding carboxylic acids is 2. The number of ketones is 1. The first-order valence-corrected chi connectivity index (χ1v) is 11.0. The van der Waals surface area contributed by atoms with E-state index >= 15 is 0 Å². The van der Waals surface area contributed by atoms with Gasteiger partial charge in [0, 0.05) is 24.5 Å². The Balaban J connectivity index is 1.95. The highest BCUT2D eigenvalue weighted by molar-refractivity contribution is 6.46. The molecule has 32 heavy (non-hydrogen) atoms. The lowest BCUT2D eigenvalue weighted by molar-refractivity contribution is -0.139. The van der Waals surface area contributed by atoms with Crippen LogP contribution in [0.5, 0.6) is 5.75 Å². The van der Waals surface area contributed by atoms with Gasteiger partial charge in [0.25, 0.3) is 11.7 Å². The molecule has 7 nitrogen and oxygen atoms in total. The fourth-order valence-electron chi connectivity index (χ4n) is 3.75. The number of rotatable bonds is 10. The molecular formula is C25H31N3O4. The van der Waals surface area contributed by atoms with Crippen LogP contribution in [0.3, 0.4) is 0 Å². The van der Waals surface area contributed by atoms with E-state index in [1.165, 1.54) is 4.90 Å². The number of benzene rings is 1. The van der Waals surface area contributed by atoms with Crippen molar-refractivity contribution in [3.05, 3.63) is 65.5 Å². The molecule has 1 aliphatic rings. The van der Waals surface area contributed by atoms with Crippen LogP contribution >= 0.6 is 0 Å². The summed E-state index contributed by atoms with van der Waals surface area (Å²) in [6, 6.07) is 9.84. The molecule has 0 radical (unpaired) electrons. The standard InChI is InChI=1S/C25H31N3O4/c1-4-5-16-32-20-11-9-18(10-12-20)23(29)21-22(19-8-6-13-26-17-19)28(25(31)24(21)30)15-7-14-27(2)3/h6,8-13,17,22,29H,4-5,7,14-16H2,1-3H3/b23-21+/t22-/m1/s1. The van der Waals surface area contributed by atoms with Crippen molar-refractivity contribution in [2.75, 3.05) is 33.8 Å². The number of ether oxygens (including phenoxy) is 1. The first-order chi connectivity index (χ1) is 15.4. The Morgan fingerprint density at radius 1 is 1.16 bits per heavy atom. The lowest BCUT2D eigenvalue weighted by atomic mass is 9.96. The number of aliphatic hydroxyl groups excluding tert-OH is 1. The third kappa shape index (κ3) is 5.34. The second-order valence-electron chi connectivity index (χ2n) is 8.16. The van der Waals surface area contributed by atoms with Crippen molar-refractivity contribution in [3.63, 3.8) is 0 Å². The molecule has 1 aliphatic heterocycles. The number of Topliss-reactive ketones (excluding diaryl/α,β-unsaturated/α-hetero) is 1. The molecule has 2 aromatic rings. The molecule has 1 amide bonds. The smallest absolute Gasteiger partial charge is 0.295 e. The van der Waals surface area contributed by atoms with E-state index in [2.05, 4.69) is 11.9 Å². The van der Waals surface area contributed by atoms with Gasteiger partial charge in [-0.25, -0.2) is 0 Å². The molecule has 0 spiro atoms. The molecule has 170 valence electrons. The van der Waals surface area contributed by atoms with Gasteiger partial charge in [-0.05, 0) is 69.4 Å². The number of hydrogen-bond acceptors (Lipinski definition) is 6. The van der Waals surface area contributed by atoms with E-state index in [-0.39, 0.29) is 11.3 Å². The molecule has 0 aliphatic carbocycles. The van der Waals surface area contributed by atoms with Crippen LogP contribution in [0.4, 0.5) is 0 Å². The van der Waals surface area contributed by atoms with Crippen LogP contribution in [0, 0.1) is 0 Å². The Labute approximate surface area is 189 Å². The average molecular weight is 438 g/mol. The maximum atomic E-state index is 13.0. The van der Waals surface area contributed by atoms with Gasteiger partial charge < -0.3 is 19.6 Å². The van der Waals surface area contributed by atoms with Crippen LogP contribution in [-0.4, -0.2) is 65.4 Å². The summed E-state index contributed by atoms with van der Waals surface area (Å²) in [5.41, 5.74) is 1.25. The van der Waals surface area contributed by atoms with Gasteiger partial charge in [-0.15, -0.1) is 0 Å². The van der Waals surface area contributed by atoms with Gasteiger partial charge >= 0.3 is 0 Å². The molecule has 1 N–H and O–H groups in total. The number of hydrogen-bond donors (Lipinski definition) is 1. The minimum absolute atomic E-state index is 0.0903. The van der Waals surface area contributed by atoms with Crippen molar-refractivity contribution in [3.8, 4) is 5.75 Å². The molecule has 2 heterocycles. The molecule has 7 heteroatoms. The first kappa shape index (κ1) is 23.5. The maximum absolute atomic E-state index is 13.0. The molecule has 0 unspecified atom stereocenters. The SMILES string of the molecule is CCCCOc1ccc(/C(O)=C2\C(=O)C(=O)N(CCCN(C)C)[C@@H]2c2cccnc2)cc1. The van der Waals surface area contributed by atoms with Crippen LogP contribution in [0.1, 0.15) is 43.4 Å². The summed E-state index contributed by atoms with van der Waals surface area (Å²) < 4.78 is 5.68. The lowest BCUT2D eigenvalue weighted by Crippen LogP contribution is -2.32. The van der Waals surface area contributed by atoms with E-state index in [4.69, 9.17) is 4.74 Å². The summed E-state index contributed by atoms with van der Waals surface area (Å²) in [6.45, 7) is 3.91. The van der Waals surface area contributed by atoms with Crippen molar-refractivity contribution in [2.24, 2.45) is 0 Å². The highest BCUT2D eigenvalue weighted by Gasteiger charge is 2.45. The Hall–Kier alpha value is -3.19. The molecule has 1 saturated heterocycles. The lowest BCUT2D eigenvalue weighted by Gasteiger charge is -2.25. The maximum Gasteiger partial charge on any atom is 0.295 e. The number of amides is 1. The number of nitrogens with zero attached hydrogens (tertiary/aromatic N) is 3. The number of aromatic nitrogens is 1. The highest BCUT2D eigenvalue weighted by atomic mass is 16.5. The highest BCUT2D eigenvalue weighted by Crippen LogP contribution is 2.39. The van der Waals surface area contributed by atoms with E-state index in [0.717, 1.165) is 19.4 Å². The van der Waals surface area contributed by atoms with Crippen LogP contribution in [0.25, 0.3) is 5.76 Å². The van der Waals surface area contributed by atoms with Crippen molar-refractivity contribution >= 4 is 17.4 Å². The second kappa shape index (κ2) is 10.9. The summed E-state index contributed by atoms with van der Waals surface area (Å²) in [4.78, 5) is 33.6. The Morgan fingerprint density at radius 2 is 1.91 bits per heavy atom. The molecular weight excluding hydrogens is 406 g/mol. The summed E-state index contributed by atoms with van der Waals surface area (Å²) in [5.74, 6) is -0.765. The van der Waals surface area contributed by atoms with E-state index in [9.17, 15) is 14.7 Å². The monoisotopic (exact) mass is 437 g/mol. The summed E-state index contributed by atoms with van der Waals surface area (Å²) in [7, 11) is 3.92. The molecule has 0 saturated carbocycles. The molecule has 1 aromatic heterocycles. The van der Waals surface area contributed by atoms with Gasteiger partial charge in [0.1, 0.15) is 11.5 Å². The molecule has 3 rings (SSSR count). The Bertz CT molecular complexity index is 955.